The molecule has 8 heteroatoms. The van der Waals surface area contributed by atoms with Gasteiger partial charge in [-0.15, -0.1) is 0 Å². The van der Waals surface area contributed by atoms with Crippen LogP contribution >= 0.6 is 0 Å². The zero-order chi connectivity index (χ0) is 14.8. The Kier molecular flexibility index (Phi) is 4.24. The number of sulfonamides is 1. The van der Waals surface area contributed by atoms with Gasteiger partial charge in [0.2, 0.25) is 0 Å². The van der Waals surface area contributed by atoms with Gasteiger partial charge in [0, 0.05) is 30.9 Å². The summed E-state index contributed by atoms with van der Waals surface area (Å²) in [6.07, 6.45) is 6.79. The predicted molar refractivity (Wildman–Crippen MR) is 74.6 cm³/mol. The summed E-state index contributed by atoms with van der Waals surface area (Å²) in [5.74, 6) is 0.723. The van der Waals surface area contributed by atoms with E-state index in [1.54, 1.807) is 6.20 Å². The number of hydrogen-bond donors (Lipinski definition) is 1. The molecule has 2 aromatic heterocycles. The molecule has 0 saturated carbocycles. The van der Waals surface area contributed by atoms with Gasteiger partial charge in [-0.25, -0.2) is 18.5 Å². The molecule has 0 aliphatic heterocycles. The van der Waals surface area contributed by atoms with E-state index in [-0.39, 0.29) is 5.03 Å². The van der Waals surface area contributed by atoms with E-state index in [0.717, 1.165) is 24.4 Å². The molecule has 0 radical (unpaired) electrons. The maximum absolute atomic E-state index is 11.4. The predicted octanol–water partition coefficient (Wildman–Crippen LogP) is 0.748. The first-order valence-corrected chi connectivity index (χ1v) is 8.08. The number of aryl methyl sites for hydroxylation is 2. The lowest BCUT2D eigenvalue weighted by Crippen LogP contribution is -2.12. The molecule has 0 amide bonds. The highest BCUT2D eigenvalue weighted by Gasteiger charge is 2.16. The van der Waals surface area contributed by atoms with Crippen molar-refractivity contribution in [2.24, 2.45) is 5.14 Å². The first-order valence-electron chi connectivity index (χ1n) is 6.54. The molecule has 0 atom stereocenters. The minimum atomic E-state index is -3.77. The van der Waals surface area contributed by atoms with Crippen LogP contribution in [0, 0.1) is 0 Å². The number of nitrogens with zero attached hydrogens (tertiary/aromatic N) is 4. The van der Waals surface area contributed by atoms with Crippen LogP contribution in [0.3, 0.4) is 0 Å². The second-order valence-corrected chi connectivity index (χ2v) is 6.13. The second kappa shape index (κ2) is 5.76. The average Bonchev–Trinajstić information content (AvgIpc) is 2.97. The Bertz CT molecular complexity index is 687. The van der Waals surface area contributed by atoms with E-state index >= 15 is 0 Å². The van der Waals surface area contributed by atoms with E-state index in [1.165, 1.54) is 6.20 Å². The first kappa shape index (κ1) is 14.7. The van der Waals surface area contributed by atoms with Gasteiger partial charge in [-0.1, -0.05) is 6.92 Å². The summed E-state index contributed by atoms with van der Waals surface area (Å²) in [6.45, 7) is 5.37. The molecule has 2 aromatic rings. The molecule has 0 fully saturated rings. The standard InChI is InChI=1S/C12H19N5O2S/c1-3-5-11-15-12(20(13,18)19)9-16(11)7-10-6-14-17(4-2)8-10/h6,8-9H,3-5,7H2,1-2H3,(H2,13,18,19). The SMILES string of the molecule is CCCc1nc(S(N)(=O)=O)cn1Cc1cnn(CC)c1. The van der Waals surface area contributed by atoms with Crippen LogP contribution in [0.15, 0.2) is 23.6 Å². The number of hydrogen-bond acceptors (Lipinski definition) is 4. The van der Waals surface area contributed by atoms with Crippen LogP contribution in [0.2, 0.25) is 0 Å². The van der Waals surface area contributed by atoms with Gasteiger partial charge in [0.15, 0.2) is 5.03 Å². The van der Waals surface area contributed by atoms with Crippen LogP contribution in [0.5, 0.6) is 0 Å². The van der Waals surface area contributed by atoms with E-state index in [4.69, 9.17) is 5.14 Å². The van der Waals surface area contributed by atoms with Gasteiger partial charge in [0.05, 0.1) is 12.7 Å². The summed E-state index contributed by atoms with van der Waals surface area (Å²) in [5.41, 5.74) is 1.00. The Morgan fingerprint density at radius 1 is 1.30 bits per heavy atom. The summed E-state index contributed by atoms with van der Waals surface area (Å²) in [6, 6.07) is 0. The monoisotopic (exact) mass is 297 g/mol. The van der Waals surface area contributed by atoms with Gasteiger partial charge >= 0.3 is 0 Å². The third kappa shape index (κ3) is 3.26. The summed E-state index contributed by atoms with van der Waals surface area (Å²) in [7, 11) is -3.77. The van der Waals surface area contributed by atoms with Crippen molar-refractivity contribution >= 4 is 10.0 Å². The summed E-state index contributed by atoms with van der Waals surface area (Å²) in [5, 5.41) is 9.26. The largest absolute Gasteiger partial charge is 0.329 e. The van der Waals surface area contributed by atoms with E-state index in [0.29, 0.717) is 13.0 Å². The smallest absolute Gasteiger partial charge is 0.257 e. The van der Waals surface area contributed by atoms with Crippen LogP contribution in [0.1, 0.15) is 31.7 Å². The van der Waals surface area contributed by atoms with Crippen molar-refractivity contribution in [3.63, 3.8) is 0 Å². The Morgan fingerprint density at radius 2 is 2.05 bits per heavy atom. The lowest BCUT2D eigenvalue weighted by Gasteiger charge is -2.04. The Labute approximate surface area is 118 Å². The summed E-state index contributed by atoms with van der Waals surface area (Å²) in [4.78, 5) is 4.12. The summed E-state index contributed by atoms with van der Waals surface area (Å²) < 4.78 is 26.4. The molecular weight excluding hydrogens is 278 g/mol. The molecule has 0 bridgehead atoms. The average molecular weight is 297 g/mol. The first-order chi connectivity index (χ1) is 9.44. The second-order valence-electron chi connectivity index (χ2n) is 4.62. The minimum absolute atomic E-state index is 0.0798. The van der Waals surface area contributed by atoms with Gasteiger partial charge < -0.3 is 4.57 Å². The van der Waals surface area contributed by atoms with Crippen molar-refractivity contribution in [3.05, 3.63) is 30.0 Å². The fraction of sp³-hybridized carbons (Fsp3) is 0.500. The quantitative estimate of drug-likeness (QED) is 0.851. The molecule has 0 spiro atoms. The van der Waals surface area contributed by atoms with Crippen molar-refractivity contribution in [2.75, 3.05) is 0 Å². The molecule has 0 unspecified atom stereocenters. The molecule has 110 valence electrons. The van der Waals surface area contributed by atoms with Crippen molar-refractivity contribution in [2.45, 2.75) is 44.8 Å². The van der Waals surface area contributed by atoms with Crippen molar-refractivity contribution in [1.82, 2.24) is 19.3 Å². The Balaban J connectivity index is 2.31. The van der Waals surface area contributed by atoms with Gasteiger partial charge in [-0.3, -0.25) is 4.68 Å². The van der Waals surface area contributed by atoms with E-state index in [1.807, 2.05) is 29.3 Å². The van der Waals surface area contributed by atoms with E-state index in [2.05, 4.69) is 10.1 Å². The number of primary sulfonamides is 1. The molecule has 2 heterocycles. The summed E-state index contributed by atoms with van der Waals surface area (Å²) >= 11 is 0. The maximum atomic E-state index is 11.4. The minimum Gasteiger partial charge on any atom is -0.329 e. The molecule has 2 rings (SSSR count). The molecule has 2 N–H and O–H groups in total. The zero-order valence-electron chi connectivity index (χ0n) is 11.7. The molecule has 20 heavy (non-hydrogen) atoms. The number of nitrogens with two attached hydrogens (primary N) is 1. The Hall–Kier alpha value is -1.67. The van der Waals surface area contributed by atoms with Crippen LogP contribution in [0.4, 0.5) is 0 Å². The fourth-order valence-corrected chi connectivity index (χ4v) is 2.49. The number of imidazole rings is 1. The molecule has 0 aliphatic rings. The van der Waals surface area contributed by atoms with Gasteiger partial charge in [0.25, 0.3) is 10.0 Å². The van der Waals surface area contributed by atoms with E-state index in [9.17, 15) is 8.42 Å². The van der Waals surface area contributed by atoms with Crippen LogP contribution < -0.4 is 5.14 Å². The van der Waals surface area contributed by atoms with E-state index < -0.39 is 10.0 Å². The molecule has 0 aliphatic carbocycles. The number of rotatable bonds is 6. The highest BCUT2D eigenvalue weighted by molar-refractivity contribution is 7.89. The lowest BCUT2D eigenvalue weighted by atomic mass is 10.3. The van der Waals surface area contributed by atoms with Gasteiger partial charge in [-0.2, -0.15) is 5.10 Å². The zero-order valence-corrected chi connectivity index (χ0v) is 12.5. The van der Waals surface area contributed by atoms with Crippen LogP contribution in [-0.2, 0) is 29.5 Å². The fourth-order valence-electron chi connectivity index (χ4n) is 1.98. The third-order valence-electron chi connectivity index (χ3n) is 2.97. The third-order valence-corrected chi connectivity index (χ3v) is 3.75. The molecular formula is C12H19N5O2S. The lowest BCUT2D eigenvalue weighted by molar-refractivity contribution is 0.594. The topological polar surface area (TPSA) is 95.8 Å². The van der Waals surface area contributed by atoms with Crippen LogP contribution in [-0.4, -0.2) is 27.7 Å². The molecule has 0 saturated heterocycles. The van der Waals surface area contributed by atoms with Crippen LogP contribution in [0.25, 0.3) is 0 Å². The molecule has 0 aromatic carbocycles. The van der Waals surface area contributed by atoms with Crippen molar-refractivity contribution in [1.29, 1.82) is 0 Å². The van der Waals surface area contributed by atoms with Crippen molar-refractivity contribution in [3.8, 4) is 0 Å². The highest BCUT2D eigenvalue weighted by atomic mass is 32.2. The highest BCUT2D eigenvalue weighted by Crippen LogP contribution is 2.12. The van der Waals surface area contributed by atoms with Gasteiger partial charge in [-0.05, 0) is 13.3 Å². The Morgan fingerprint density at radius 3 is 2.60 bits per heavy atom. The normalized spacial score (nSPS) is 11.9. The van der Waals surface area contributed by atoms with Gasteiger partial charge in [0.1, 0.15) is 5.82 Å². The molecule has 7 nitrogen and oxygen atoms in total. The van der Waals surface area contributed by atoms with Crippen molar-refractivity contribution < 1.29 is 8.42 Å². The number of aromatic nitrogens is 4. The maximum Gasteiger partial charge on any atom is 0.257 e.